The molecule has 0 aliphatic carbocycles. The number of ether oxygens (including phenoxy) is 1. The van der Waals surface area contributed by atoms with Crippen molar-refractivity contribution in [3.63, 3.8) is 0 Å². The zero-order valence-corrected chi connectivity index (χ0v) is 13.5. The molecule has 0 saturated carbocycles. The molecule has 0 aliphatic heterocycles. The Morgan fingerprint density at radius 2 is 1.00 bits per heavy atom. The SMILES string of the molecule is Clc1ccc(CCCOCCCc2ccc(Cl)cc2)cc1. The monoisotopic (exact) mass is 322 g/mol. The van der Waals surface area contributed by atoms with Gasteiger partial charge in [0.05, 0.1) is 0 Å². The Bertz CT molecular complexity index is 470. The van der Waals surface area contributed by atoms with Crippen molar-refractivity contribution >= 4 is 23.2 Å². The molecule has 112 valence electrons. The van der Waals surface area contributed by atoms with Gasteiger partial charge in [0.1, 0.15) is 0 Å². The Balaban J connectivity index is 1.52. The zero-order chi connectivity index (χ0) is 14.9. The smallest absolute Gasteiger partial charge is 0.0469 e. The summed E-state index contributed by atoms with van der Waals surface area (Å²) in [6.45, 7) is 1.62. The summed E-state index contributed by atoms with van der Waals surface area (Å²) in [6, 6.07) is 16.0. The molecule has 1 nitrogen and oxygen atoms in total. The van der Waals surface area contributed by atoms with E-state index < -0.39 is 0 Å². The second kappa shape index (κ2) is 9.09. The van der Waals surface area contributed by atoms with Gasteiger partial charge in [-0.05, 0) is 61.1 Å². The van der Waals surface area contributed by atoms with Crippen LogP contribution in [0, 0.1) is 0 Å². The number of benzene rings is 2. The number of halogens is 2. The van der Waals surface area contributed by atoms with Gasteiger partial charge in [-0.25, -0.2) is 0 Å². The third-order valence-electron chi connectivity index (χ3n) is 3.33. The summed E-state index contributed by atoms with van der Waals surface area (Å²) < 4.78 is 5.67. The summed E-state index contributed by atoms with van der Waals surface area (Å²) >= 11 is 11.7. The van der Waals surface area contributed by atoms with Crippen LogP contribution in [0.15, 0.2) is 48.5 Å². The summed E-state index contributed by atoms with van der Waals surface area (Å²) in [5.41, 5.74) is 2.62. The molecule has 2 aromatic rings. The van der Waals surface area contributed by atoms with Crippen molar-refractivity contribution in [2.24, 2.45) is 0 Å². The van der Waals surface area contributed by atoms with Gasteiger partial charge in [-0.1, -0.05) is 47.5 Å². The Morgan fingerprint density at radius 3 is 1.38 bits per heavy atom. The van der Waals surface area contributed by atoms with Crippen molar-refractivity contribution in [1.82, 2.24) is 0 Å². The van der Waals surface area contributed by atoms with E-state index in [0.717, 1.165) is 48.9 Å². The Hall–Kier alpha value is -1.02. The van der Waals surface area contributed by atoms with Gasteiger partial charge in [0, 0.05) is 23.3 Å². The predicted molar refractivity (Wildman–Crippen MR) is 90.4 cm³/mol. The first kappa shape index (κ1) is 16.4. The van der Waals surface area contributed by atoms with E-state index in [1.165, 1.54) is 11.1 Å². The second-order valence-corrected chi connectivity index (χ2v) is 5.95. The summed E-state index contributed by atoms with van der Waals surface area (Å²) in [5.74, 6) is 0. The topological polar surface area (TPSA) is 9.23 Å². The predicted octanol–water partition coefficient (Wildman–Crippen LogP) is 5.58. The highest BCUT2D eigenvalue weighted by molar-refractivity contribution is 6.30. The maximum absolute atomic E-state index is 5.86. The van der Waals surface area contributed by atoms with Gasteiger partial charge < -0.3 is 4.74 Å². The number of hydrogen-bond acceptors (Lipinski definition) is 1. The van der Waals surface area contributed by atoms with Gasteiger partial charge in [-0.15, -0.1) is 0 Å². The summed E-state index contributed by atoms with van der Waals surface area (Å²) in [4.78, 5) is 0. The van der Waals surface area contributed by atoms with E-state index in [9.17, 15) is 0 Å². The first-order valence-corrected chi connectivity index (χ1v) is 8.06. The molecule has 0 radical (unpaired) electrons. The van der Waals surface area contributed by atoms with Crippen LogP contribution in [-0.2, 0) is 17.6 Å². The molecular weight excluding hydrogens is 303 g/mol. The third-order valence-corrected chi connectivity index (χ3v) is 3.84. The second-order valence-electron chi connectivity index (χ2n) is 5.07. The highest BCUT2D eigenvalue weighted by Gasteiger charge is 1.96. The average Bonchev–Trinajstić information content (AvgIpc) is 2.50. The Kier molecular flexibility index (Phi) is 7.08. The van der Waals surface area contributed by atoms with Gasteiger partial charge in [-0.3, -0.25) is 0 Å². The summed E-state index contributed by atoms with van der Waals surface area (Å²) in [7, 11) is 0. The molecule has 21 heavy (non-hydrogen) atoms. The average molecular weight is 323 g/mol. The van der Waals surface area contributed by atoms with Gasteiger partial charge in [-0.2, -0.15) is 0 Å². The van der Waals surface area contributed by atoms with Crippen LogP contribution >= 0.6 is 23.2 Å². The molecule has 0 heterocycles. The molecule has 0 fully saturated rings. The molecule has 0 amide bonds. The zero-order valence-electron chi connectivity index (χ0n) is 12.0. The molecule has 2 rings (SSSR count). The fourth-order valence-electron chi connectivity index (χ4n) is 2.16. The summed E-state index contributed by atoms with van der Waals surface area (Å²) in [5, 5.41) is 1.58. The molecule has 0 unspecified atom stereocenters. The van der Waals surface area contributed by atoms with Crippen LogP contribution in [0.4, 0.5) is 0 Å². The van der Waals surface area contributed by atoms with E-state index in [2.05, 4.69) is 24.3 Å². The fraction of sp³-hybridized carbons (Fsp3) is 0.333. The van der Waals surface area contributed by atoms with E-state index in [1.807, 2.05) is 24.3 Å². The Morgan fingerprint density at radius 1 is 0.619 bits per heavy atom. The van der Waals surface area contributed by atoms with Crippen LogP contribution in [0.3, 0.4) is 0 Å². The molecule has 3 heteroatoms. The number of aryl methyl sites for hydroxylation is 2. The molecule has 0 atom stereocenters. The van der Waals surface area contributed by atoms with Crippen molar-refractivity contribution in [3.05, 3.63) is 69.7 Å². The highest BCUT2D eigenvalue weighted by Crippen LogP contribution is 2.12. The lowest BCUT2D eigenvalue weighted by Gasteiger charge is -2.05. The van der Waals surface area contributed by atoms with Gasteiger partial charge >= 0.3 is 0 Å². The first-order valence-electron chi connectivity index (χ1n) is 7.31. The normalized spacial score (nSPS) is 10.8. The van der Waals surface area contributed by atoms with Crippen LogP contribution in [0.5, 0.6) is 0 Å². The largest absolute Gasteiger partial charge is 0.381 e. The minimum atomic E-state index is 0.789. The van der Waals surface area contributed by atoms with E-state index in [0.29, 0.717) is 0 Å². The van der Waals surface area contributed by atoms with Crippen LogP contribution in [0.1, 0.15) is 24.0 Å². The quantitative estimate of drug-likeness (QED) is 0.577. The summed E-state index contributed by atoms with van der Waals surface area (Å²) in [6.07, 6.45) is 4.16. The number of rotatable bonds is 8. The molecule has 0 saturated heterocycles. The fourth-order valence-corrected chi connectivity index (χ4v) is 2.41. The minimum Gasteiger partial charge on any atom is -0.381 e. The number of hydrogen-bond donors (Lipinski definition) is 0. The van der Waals surface area contributed by atoms with E-state index >= 15 is 0 Å². The lowest BCUT2D eigenvalue weighted by molar-refractivity contribution is 0.130. The van der Waals surface area contributed by atoms with Crippen molar-refractivity contribution in [3.8, 4) is 0 Å². The van der Waals surface area contributed by atoms with Gasteiger partial charge in [0.25, 0.3) is 0 Å². The van der Waals surface area contributed by atoms with Gasteiger partial charge in [0.15, 0.2) is 0 Å². The molecule has 0 aromatic heterocycles. The van der Waals surface area contributed by atoms with Crippen LogP contribution in [-0.4, -0.2) is 13.2 Å². The molecule has 0 N–H and O–H groups in total. The molecule has 0 aliphatic rings. The van der Waals surface area contributed by atoms with E-state index in [-0.39, 0.29) is 0 Å². The molecule has 2 aromatic carbocycles. The third kappa shape index (κ3) is 6.52. The lowest BCUT2D eigenvalue weighted by Crippen LogP contribution is -2.00. The molecule has 0 bridgehead atoms. The minimum absolute atomic E-state index is 0.789. The van der Waals surface area contributed by atoms with E-state index in [4.69, 9.17) is 27.9 Å². The Labute approximate surface area is 136 Å². The standard InChI is InChI=1S/C18H20Cl2O/c19-17-9-5-15(6-10-17)3-1-13-21-14-2-4-16-7-11-18(20)12-8-16/h5-12H,1-4,13-14H2. The van der Waals surface area contributed by atoms with Crippen molar-refractivity contribution in [2.45, 2.75) is 25.7 Å². The van der Waals surface area contributed by atoms with Crippen LogP contribution in [0.2, 0.25) is 10.0 Å². The van der Waals surface area contributed by atoms with Crippen LogP contribution in [0.25, 0.3) is 0 Å². The lowest BCUT2D eigenvalue weighted by atomic mass is 10.1. The van der Waals surface area contributed by atoms with Crippen LogP contribution < -0.4 is 0 Å². The molecule has 0 spiro atoms. The van der Waals surface area contributed by atoms with E-state index in [1.54, 1.807) is 0 Å². The van der Waals surface area contributed by atoms with Crippen molar-refractivity contribution in [1.29, 1.82) is 0 Å². The molecular formula is C18H20Cl2O. The maximum Gasteiger partial charge on any atom is 0.0469 e. The van der Waals surface area contributed by atoms with Gasteiger partial charge in [0.2, 0.25) is 0 Å². The maximum atomic E-state index is 5.86. The van der Waals surface area contributed by atoms with Crippen molar-refractivity contribution in [2.75, 3.05) is 13.2 Å². The highest BCUT2D eigenvalue weighted by atomic mass is 35.5. The van der Waals surface area contributed by atoms with Crippen molar-refractivity contribution < 1.29 is 4.74 Å². The first-order chi connectivity index (χ1) is 10.2.